The lowest BCUT2D eigenvalue weighted by Crippen LogP contribution is -2.25. The van der Waals surface area contributed by atoms with E-state index < -0.39 is 21.8 Å². The van der Waals surface area contributed by atoms with Gasteiger partial charge < -0.3 is 5.11 Å². The number of rotatable bonds is 9. The van der Waals surface area contributed by atoms with Crippen molar-refractivity contribution in [3.05, 3.63) is 29.0 Å². The second-order valence-corrected chi connectivity index (χ2v) is 6.67. The van der Waals surface area contributed by atoms with Gasteiger partial charge in [0, 0.05) is 13.0 Å². The first-order valence-electron chi connectivity index (χ1n) is 6.49. The summed E-state index contributed by atoms with van der Waals surface area (Å²) in [5.41, 5.74) is 0. The Labute approximate surface area is 128 Å². The molecular formula is C13H17ClFNO4S. The van der Waals surface area contributed by atoms with E-state index in [1.807, 2.05) is 0 Å². The average Bonchev–Trinajstić information content (AvgIpc) is 2.40. The number of hydrogen-bond acceptors (Lipinski definition) is 3. The van der Waals surface area contributed by atoms with Crippen LogP contribution in [0.5, 0.6) is 0 Å². The van der Waals surface area contributed by atoms with E-state index in [1.165, 1.54) is 6.07 Å². The molecule has 1 aromatic carbocycles. The molecule has 5 nitrogen and oxygen atoms in total. The van der Waals surface area contributed by atoms with Gasteiger partial charge in [-0.05, 0) is 31.0 Å². The maximum atomic E-state index is 13.1. The lowest BCUT2D eigenvalue weighted by Gasteiger charge is -2.08. The van der Waals surface area contributed by atoms with Crippen molar-refractivity contribution in [3.63, 3.8) is 0 Å². The molecule has 0 unspecified atom stereocenters. The monoisotopic (exact) mass is 337 g/mol. The number of sulfonamides is 1. The number of carboxylic acid groups (broad SMARTS) is 1. The van der Waals surface area contributed by atoms with Crippen LogP contribution in [-0.2, 0) is 14.8 Å². The minimum atomic E-state index is -3.84. The van der Waals surface area contributed by atoms with Gasteiger partial charge in [0.15, 0.2) is 0 Å². The Balaban J connectivity index is 2.40. The number of nitrogens with one attached hydrogen (secondary N) is 1. The van der Waals surface area contributed by atoms with E-state index in [1.54, 1.807) is 0 Å². The van der Waals surface area contributed by atoms with Crippen LogP contribution in [0.4, 0.5) is 4.39 Å². The Morgan fingerprint density at radius 1 is 1.24 bits per heavy atom. The van der Waals surface area contributed by atoms with Crippen LogP contribution in [0.15, 0.2) is 23.1 Å². The predicted molar refractivity (Wildman–Crippen MR) is 77.3 cm³/mol. The Hall–Kier alpha value is -1.18. The zero-order valence-electron chi connectivity index (χ0n) is 11.3. The van der Waals surface area contributed by atoms with Crippen LogP contribution in [0.3, 0.4) is 0 Å². The number of aliphatic carboxylic acids is 1. The Morgan fingerprint density at radius 3 is 2.57 bits per heavy atom. The van der Waals surface area contributed by atoms with Crippen molar-refractivity contribution < 1.29 is 22.7 Å². The number of halogens is 2. The molecule has 0 atom stereocenters. The van der Waals surface area contributed by atoms with Gasteiger partial charge in [0.2, 0.25) is 10.0 Å². The third-order valence-electron chi connectivity index (χ3n) is 2.79. The van der Waals surface area contributed by atoms with Crippen LogP contribution in [-0.4, -0.2) is 26.0 Å². The molecule has 0 aliphatic rings. The molecule has 0 aliphatic heterocycles. The normalized spacial score (nSPS) is 11.5. The van der Waals surface area contributed by atoms with E-state index in [4.69, 9.17) is 16.7 Å². The Bertz CT molecular complexity index is 592. The van der Waals surface area contributed by atoms with Crippen molar-refractivity contribution in [2.45, 2.75) is 37.0 Å². The molecule has 118 valence electrons. The van der Waals surface area contributed by atoms with Gasteiger partial charge in [-0.25, -0.2) is 17.5 Å². The number of carbonyl (C=O) groups is 1. The van der Waals surface area contributed by atoms with Gasteiger partial charge in [-0.3, -0.25) is 4.79 Å². The molecular weight excluding hydrogens is 321 g/mol. The molecule has 0 saturated heterocycles. The molecule has 2 N–H and O–H groups in total. The Kier molecular flexibility index (Phi) is 7.07. The van der Waals surface area contributed by atoms with Crippen LogP contribution in [0.25, 0.3) is 0 Å². The molecule has 0 saturated carbocycles. The number of benzene rings is 1. The summed E-state index contributed by atoms with van der Waals surface area (Å²) in [6, 6.07) is 3.15. The van der Waals surface area contributed by atoms with Crippen LogP contribution in [0, 0.1) is 5.82 Å². The Morgan fingerprint density at radius 2 is 1.90 bits per heavy atom. The quantitative estimate of drug-likeness (QED) is 0.679. The molecule has 0 aliphatic carbocycles. The minimum Gasteiger partial charge on any atom is -0.481 e. The summed E-state index contributed by atoms with van der Waals surface area (Å²) < 4.78 is 39.3. The summed E-state index contributed by atoms with van der Waals surface area (Å²) in [6.45, 7) is 0.197. The van der Waals surface area contributed by atoms with Gasteiger partial charge >= 0.3 is 5.97 Å². The summed E-state index contributed by atoms with van der Waals surface area (Å²) in [5.74, 6) is -1.51. The topological polar surface area (TPSA) is 83.5 Å². The first kappa shape index (κ1) is 17.9. The van der Waals surface area contributed by atoms with Crippen molar-refractivity contribution in [2.75, 3.05) is 6.54 Å². The van der Waals surface area contributed by atoms with Gasteiger partial charge in [-0.1, -0.05) is 24.4 Å². The minimum absolute atomic E-state index is 0.0367. The van der Waals surface area contributed by atoms with Crippen molar-refractivity contribution >= 4 is 27.6 Å². The van der Waals surface area contributed by atoms with Crippen molar-refractivity contribution in [1.82, 2.24) is 4.72 Å². The van der Waals surface area contributed by atoms with Crippen LogP contribution in [0.1, 0.15) is 32.1 Å². The SMILES string of the molecule is O=C(O)CCCCCCNS(=O)(=O)c1cc(F)ccc1Cl. The second kappa shape index (κ2) is 8.31. The molecule has 21 heavy (non-hydrogen) atoms. The third kappa shape index (κ3) is 6.41. The highest BCUT2D eigenvalue weighted by atomic mass is 35.5. The van der Waals surface area contributed by atoms with Crippen LogP contribution >= 0.6 is 11.6 Å². The zero-order valence-corrected chi connectivity index (χ0v) is 12.9. The van der Waals surface area contributed by atoms with E-state index in [-0.39, 0.29) is 22.9 Å². The molecule has 0 spiro atoms. The summed E-state index contributed by atoms with van der Waals surface area (Å²) in [4.78, 5) is 10.0. The summed E-state index contributed by atoms with van der Waals surface area (Å²) >= 11 is 5.75. The molecule has 0 fully saturated rings. The first-order chi connectivity index (χ1) is 9.83. The summed E-state index contributed by atoms with van der Waals surface area (Å²) in [6.07, 6.45) is 2.69. The van der Waals surface area contributed by atoms with Crippen molar-refractivity contribution in [3.8, 4) is 0 Å². The molecule has 0 aromatic heterocycles. The number of unbranched alkanes of at least 4 members (excludes halogenated alkanes) is 3. The van der Waals surface area contributed by atoms with Gasteiger partial charge in [-0.2, -0.15) is 0 Å². The predicted octanol–water partition coefficient (Wildman–Crippen LogP) is 2.79. The largest absolute Gasteiger partial charge is 0.481 e. The van der Waals surface area contributed by atoms with E-state index in [0.717, 1.165) is 18.6 Å². The number of hydrogen-bond donors (Lipinski definition) is 2. The van der Waals surface area contributed by atoms with Crippen molar-refractivity contribution in [1.29, 1.82) is 0 Å². The van der Waals surface area contributed by atoms with Crippen LogP contribution in [0.2, 0.25) is 5.02 Å². The molecule has 0 heterocycles. The summed E-state index contributed by atoms with van der Waals surface area (Å²) in [7, 11) is -3.84. The van der Waals surface area contributed by atoms with Gasteiger partial charge in [0.1, 0.15) is 10.7 Å². The molecule has 0 radical (unpaired) electrons. The molecule has 0 amide bonds. The first-order valence-corrected chi connectivity index (χ1v) is 8.35. The van der Waals surface area contributed by atoms with Crippen molar-refractivity contribution in [2.24, 2.45) is 0 Å². The van der Waals surface area contributed by atoms with E-state index in [2.05, 4.69) is 4.72 Å². The molecule has 8 heteroatoms. The van der Waals surface area contributed by atoms with Gasteiger partial charge in [-0.15, -0.1) is 0 Å². The average molecular weight is 338 g/mol. The van der Waals surface area contributed by atoms with E-state index in [0.29, 0.717) is 19.3 Å². The standard InChI is InChI=1S/C13H17ClFNO4S/c14-11-7-6-10(15)9-12(11)21(19,20)16-8-4-2-1-3-5-13(17)18/h6-7,9,16H,1-5,8H2,(H,17,18). The third-order valence-corrected chi connectivity index (χ3v) is 4.73. The molecule has 0 bridgehead atoms. The maximum Gasteiger partial charge on any atom is 0.303 e. The fourth-order valence-corrected chi connectivity index (χ4v) is 3.31. The smallest absolute Gasteiger partial charge is 0.303 e. The molecule has 1 aromatic rings. The van der Waals surface area contributed by atoms with Crippen LogP contribution < -0.4 is 4.72 Å². The highest BCUT2D eigenvalue weighted by Gasteiger charge is 2.17. The highest BCUT2D eigenvalue weighted by Crippen LogP contribution is 2.21. The zero-order chi connectivity index (χ0) is 15.9. The van der Waals surface area contributed by atoms with E-state index in [9.17, 15) is 17.6 Å². The number of carboxylic acids is 1. The fourth-order valence-electron chi connectivity index (χ4n) is 1.72. The maximum absolute atomic E-state index is 13.1. The fraction of sp³-hybridized carbons (Fsp3) is 0.462. The lowest BCUT2D eigenvalue weighted by atomic mass is 10.1. The van der Waals surface area contributed by atoms with E-state index >= 15 is 0 Å². The lowest BCUT2D eigenvalue weighted by molar-refractivity contribution is -0.137. The second-order valence-electron chi connectivity index (χ2n) is 4.53. The van der Waals surface area contributed by atoms with Gasteiger partial charge in [0.25, 0.3) is 0 Å². The summed E-state index contributed by atoms with van der Waals surface area (Å²) in [5, 5.41) is 8.43. The highest BCUT2D eigenvalue weighted by molar-refractivity contribution is 7.89. The van der Waals surface area contributed by atoms with Gasteiger partial charge in [0.05, 0.1) is 5.02 Å². The molecule has 1 rings (SSSR count).